The second-order valence-electron chi connectivity index (χ2n) is 2.60. The van der Waals surface area contributed by atoms with Gasteiger partial charge in [-0.05, 0) is 24.6 Å². The third kappa shape index (κ3) is 1.83. The minimum absolute atomic E-state index is 0.419. The molecule has 1 rings (SSSR count). The fraction of sp³-hybridized carbons (Fsp3) is 0.222. The summed E-state index contributed by atoms with van der Waals surface area (Å²) in [6.45, 7) is 1.53. The molecule has 4 heteroatoms. The first-order valence-electron chi connectivity index (χ1n) is 3.60. The zero-order valence-corrected chi connectivity index (χ0v) is 7.23. The summed E-state index contributed by atoms with van der Waals surface area (Å²) in [5, 5.41) is 0. The Bertz CT molecular complexity index is 324. The lowest BCUT2D eigenvalue weighted by Crippen LogP contribution is -2.08. The van der Waals surface area contributed by atoms with E-state index in [-0.39, 0.29) is 0 Å². The van der Waals surface area contributed by atoms with Crippen molar-refractivity contribution in [3.63, 3.8) is 0 Å². The molecule has 0 aliphatic carbocycles. The molecule has 0 saturated carbocycles. The number of carbonyl (C=O) groups excluding carboxylic acids is 1. The molecule has 0 spiro atoms. The van der Waals surface area contributed by atoms with E-state index >= 15 is 0 Å². The van der Waals surface area contributed by atoms with Crippen LogP contribution in [0.3, 0.4) is 0 Å². The van der Waals surface area contributed by atoms with E-state index in [1.807, 2.05) is 0 Å². The lowest BCUT2D eigenvalue weighted by Gasteiger charge is -2.03. The molecule has 1 aromatic carbocycles. The highest BCUT2D eigenvalue weighted by atomic mass is 19.1. The molecule has 13 heavy (non-hydrogen) atoms. The van der Waals surface area contributed by atoms with Crippen LogP contribution in [0.5, 0.6) is 0 Å². The molecule has 0 unspecified atom stereocenters. The van der Waals surface area contributed by atoms with Crippen LogP contribution < -0.4 is 0 Å². The minimum Gasteiger partial charge on any atom is -0.465 e. The van der Waals surface area contributed by atoms with Crippen LogP contribution in [0.2, 0.25) is 0 Å². The predicted molar refractivity (Wildman–Crippen MR) is 42.4 cm³/mol. The van der Waals surface area contributed by atoms with Crippen molar-refractivity contribution < 1.29 is 18.3 Å². The monoisotopic (exact) mass is 186 g/mol. The maximum absolute atomic E-state index is 13.0. The fourth-order valence-corrected chi connectivity index (χ4v) is 0.997. The van der Waals surface area contributed by atoms with Crippen LogP contribution >= 0.6 is 0 Å². The average molecular weight is 186 g/mol. The van der Waals surface area contributed by atoms with Gasteiger partial charge in [0.05, 0.1) is 7.11 Å². The van der Waals surface area contributed by atoms with Gasteiger partial charge >= 0.3 is 5.97 Å². The van der Waals surface area contributed by atoms with E-state index in [1.54, 1.807) is 0 Å². The quantitative estimate of drug-likeness (QED) is 0.627. The number of aryl methyl sites for hydroxylation is 1. The van der Waals surface area contributed by atoms with Crippen LogP contribution in [0.15, 0.2) is 12.1 Å². The Balaban J connectivity index is 3.28. The fourth-order valence-electron chi connectivity index (χ4n) is 0.997. The lowest BCUT2D eigenvalue weighted by molar-refractivity contribution is 0.0590. The molecule has 0 N–H and O–H groups in total. The van der Waals surface area contributed by atoms with Crippen LogP contribution in [-0.2, 0) is 4.74 Å². The van der Waals surface area contributed by atoms with E-state index in [0.29, 0.717) is 5.56 Å². The maximum atomic E-state index is 13.0. The molecule has 0 radical (unpaired) electrons. The van der Waals surface area contributed by atoms with Gasteiger partial charge in [-0.2, -0.15) is 0 Å². The molecule has 0 atom stereocenters. The zero-order chi connectivity index (χ0) is 10.0. The summed E-state index contributed by atoms with van der Waals surface area (Å²) in [6.07, 6.45) is 0. The second-order valence-corrected chi connectivity index (χ2v) is 2.60. The van der Waals surface area contributed by atoms with Crippen LogP contribution in [0.1, 0.15) is 15.9 Å². The number of rotatable bonds is 1. The Morgan fingerprint density at radius 1 is 1.31 bits per heavy atom. The highest BCUT2D eigenvalue weighted by Gasteiger charge is 2.17. The van der Waals surface area contributed by atoms with Gasteiger partial charge in [-0.3, -0.25) is 0 Å². The first-order valence-corrected chi connectivity index (χ1v) is 3.60. The Morgan fingerprint density at radius 2 is 1.77 bits per heavy atom. The molecule has 1 aromatic rings. The van der Waals surface area contributed by atoms with Crippen molar-refractivity contribution in [2.75, 3.05) is 7.11 Å². The molecule has 0 bridgehead atoms. The average Bonchev–Trinajstić information content (AvgIpc) is 2.02. The molecule has 0 amide bonds. The van der Waals surface area contributed by atoms with Crippen molar-refractivity contribution in [3.8, 4) is 0 Å². The number of esters is 1. The first kappa shape index (κ1) is 9.64. The number of halogens is 2. The van der Waals surface area contributed by atoms with Crippen LogP contribution in [0.25, 0.3) is 0 Å². The first-order chi connectivity index (χ1) is 6.06. The molecule has 0 aliphatic rings. The Labute approximate surface area is 74.1 Å². The summed E-state index contributed by atoms with van der Waals surface area (Å²) in [5.74, 6) is -2.80. The molecule has 0 heterocycles. The maximum Gasteiger partial charge on any atom is 0.343 e. The summed E-state index contributed by atoms with van der Waals surface area (Å²) in [5.41, 5.74) is -0.226. The van der Waals surface area contributed by atoms with Crippen molar-refractivity contribution in [3.05, 3.63) is 34.9 Å². The highest BCUT2D eigenvalue weighted by Crippen LogP contribution is 2.15. The van der Waals surface area contributed by atoms with E-state index in [0.717, 1.165) is 19.2 Å². The standard InChI is InChI=1S/C9H8F2O2/c1-5-3-6(10)8(7(11)4-5)9(12)13-2/h3-4H,1-2H3. The van der Waals surface area contributed by atoms with Crippen LogP contribution in [-0.4, -0.2) is 13.1 Å². The normalized spacial score (nSPS) is 9.85. The van der Waals surface area contributed by atoms with Gasteiger partial charge < -0.3 is 4.74 Å². The minimum atomic E-state index is -1.00. The largest absolute Gasteiger partial charge is 0.465 e. The molecule has 70 valence electrons. The van der Waals surface area contributed by atoms with E-state index in [4.69, 9.17) is 0 Å². The molecule has 0 fully saturated rings. The Morgan fingerprint density at radius 3 is 2.15 bits per heavy atom. The second kappa shape index (κ2) is 3.51. The summed E-state index contributed by atoms with van der Waals surface area (Å²) < 4.78 is 30.2. The van der Waals surface area contributed by atoms with Gasteiger partial charge in [0, 0.05) is 0 Å². The van der Waals surface area contributed by atoms with Gasteiger partial charge in [0.15, 0.2) is 0 Å². The van der Waals surface area contributed by atoms with Crippen molar-refractivity contribution >= 4 is 5.97 Å². The van der Waals surface area contributed by atoms with E-state index < -0.39 is 23.2 Å². The van der Waals surface area contributed by atoms with Gasteiger partial charge in [-0.15, -0.1) is 0 Å². The molecule has 0 aliphatic heterocycles. The third-order valence-corrected chi connectivity index (χ3v) is 1.58. The number of benzene rings is 1. The van der Waals surface area contributed by atoms with Gasteiger partial charge in [0.25, 0.3) is 0 Å². The van der Waals surface area contributed by atoms with E-state index in [2.05, 4.69) is 4.74 Å². The van der Waals surface area contributed by atoms with Crippen LogP contribution in [0.4, 0.5) is 8.78 Å². The number of carbonyl (C=O) groups is 1. The molecule has 0 aromatic heterocycles. The molecular weight excluding hydrogens is 178 g/mol. The smallest absolute Gasteiger partial charge is 0.343 e. The van der Waals surface area contributed by atoms with Crippen molar-refractivity contribution in [2.45, 2.75) is 6.92 Å². The highest BCUT2D eigenvalue weighted by molar-refractivity contribution is 5.89. The number of hydrogen-bond donors (Lipinski definition) is 0. The molecular formula is C9H8F2O2. The Hall–Kier alpha value is -1.45. The predicted octanol–water partition coefficient (Wildman–Crippen LogP) is 2.06. The van der Waals surface area contributed by atoms with Crippen LogP contribution in [0, 0.1) is 18.6 Å². The zero-order valence-electron chi connectivity index (χ0n) is 7.23. The van der Waals surface area contributed by atoms with Crippen molar-refractivity contribution in [1.29, 1.82) is 0 Å². The van der Waals surface area contributed by atoms with Gasteiger partial charge in [-0.1, -0.05) is 0 Å². The van der Waals surface area contributed by atoms with E-state index in [1.165, 1.54) is 6.92 Å². The number of ether oxygens (including phenoxy) is 1. The van der Waals surface area contributed by atoms with E-state index in [9.17, 15) is 13.6 Å². The number of methoxy groups -OCH3 is 1. The van der Waals surface area contributed by atoms with Gasteiger partial charge in [0.1, 0.15) is 17.2 Å². The summed E-state index contributed by atoms with van der Waals surface area (Å²) in [6, 6.07) is 2.16. The van der Waals surface area contributed by atoms with Crippen molar-refractivity contribution in [1.82, 2.24) is 0 Å². The summed E-state index contributed by atoms with van der Waals surface area (Å²) >= 11 is 0. The third-order valence-electron chi connectivity index (χ3n) is 1.58. The topological polar surface area (TPSA) is 26.3 Å². The summed E-state index contributed by atoms with van der Waals surface area (Å²) in [4.78, 5) is 10.9. The SMILES string of the molecule is COC(=O)c1c(F)cc(C)cc1F. The van der Waals surface area contributed by atoms with Gasteiger partial charge in [0.2, 0.25) is 0 Å². The molecule has 0 saturated heterocycles. The van der Waals surface area contributed by atoms with Crippen molar-refractivity contribution in [2.24, 2.45) is 0 Å². The number of hydrogen-bond acceptors (Lipinski definition) is 2. The summed E-state index contributed by atoms with van der Waals surface area (Å²) in [7, 11) is 1.07. The Kier molecular flexibility index (Phi) is 2.60. The molecule has 2 nitrogen and oxygen atoms in total. The lowest BCUT2D eigenvalue weighted by atomic mass is 10.1. The van der Waals surface area contributed by atoms with Gasteiger partial charge in [-0.25, -0.2) is 13.6 Å².